The van der Waals surface area contributed by atoms with E-state index in [0.29, 0.717) is 4.34 Å². The molecule has 12 heavy (non-hydrogen) atoms. The normalized spacial score (nSPS) is 9.92. The molecule has 3 nitrogen and oxygen atoms in total. The Labute approximate surface area is 79.2 Å². The average Bonchev–Trinajstić information content (AvgIpc) is 2.49. The molecule has 0 fully saturated rings. The molecule has 0 aromatic carbocycles. The van der Waals surface area contributed by atoms with E-state index in [1.807, 2.05) is 0 Å². The van der Waals surface area contributed by atoms with E-state index in [4.69, 9.17) is 16.7 Å². The Morgan fingerprint density at radius 2 is 2.42 bits per heavy atom. The van der Waals surface area contributed by atoms with Gasteiger partial charge in [0.25, 0.3) is 5.91 Å². The zero-order chi connectivity index (χ0) is 9.14. The fraction of sp³-hybridized carbons (Fsp3) is 0.286. The van der Waals surface area contributed by atoms with Crippen LogP contribution in [0.3, 0.4) is 0 Å². The standard InChI is InChI=1S/C7H8ClNO2S/c1-9(6(11)4-10)7-3-2-5(8)12-7/h2-3,10H,4H2,1H3. The Kier molecular flexibility index (Phi) is 3.08. The summed E-state index contributed by atoms with van der Waals surface area (Å²) in [6, 6.07) is 3.45. The van der Waals surface area contributed by atoms with E-state index in [-0.39, 0.29) is 5.91 Å². The first kappa shape index (κ1) is 9.51. The molecule has 0 aliphatic rings. The quantitative estimate of drug-likeness (QED) is 0.792. The van der Waals surface area contributed by atoms with Crippen LogP contribution < -0.4 is 4.90 Å². The second kappa shape index (κ2) is 3.89. The molecule has 0 atom stereocenters. The lowest BCUT2D eigenvalue weighted by Gasteiger charge is -2.12. The van der Waals surface area contributed by atoms with Gasteiger partial charge in [0.05, 0.1) is 9.34 Å². The highest BCUT2D eigenvalue weighted by atomic mass is 35.5. The maximum Gasteiger partial charge on any atom is 0.253 e. The van der Waals surface area contributed by atoms with Crippen LogP contribution in [0.4, 0.5) is 5.00 Å². The lowest BCUT2D eigenvalue weighted by molar-refractivity contribution is -0.120. The van der Waals surface area contributed by atoms with Crippen molar-refractivity contribution in [1.29, 1.82) is 0 Å². The van der Waals surface area contributed by atoms with Gasteiger partial charge in [0.1, 0.15) is 6.61 Å². The van der Waals surface area contributed by atoms with Gasteiger partial charge in [0, 0.05) is 7.05 Å². The number of amides is 1. The Bertz CT molecular complexity index is 287. The van der Waals surface area contributed by atoms with E-state index in [9.17, 15) is 4.79 Å². The molecule has 1 heterocycles. The Morgan fingerprint density at radius 1 is 1.75 bits per heavy atom. The molecule has 5 heteroatoms. The summed E-state index contributed by atoms with van der Waals surface area (Å²) >= 11 is 6.97. The highest BCUT2D eigenvalue weighted by molar-refractivity contribution is 7.20. The molecule has 1 aromatic rings. The van der Waals surface area contributed by atoms with Crippen LogP contribution >= 0.6 is 22.9 Å². The molecule has 0 unspecified atom stereocenters. The smallest absolute Gasteiger partial charge is 0.253 e. The first-order valence-electron chi connectivity index (χ1n) is 3.28. The summed E-state index contributed by atoms with van der Waals surface area (Å²) in [4.78, 5) is 12.3. The van der Waals surface area contributed by atoms with Crippen molar-refractivity contribution in [1.82, 2.24) is 0 Å². The molecule has 0 saturated heterocycles. The molecular formula is C7H8ClNO2S. The molecule has 1 amide bonds. The molecule has 0 spiro atoms. The number of rotatable bonds is 2. The van der Waals surface area contributed by atoms with Crippen LogP contribution in [0.2, 0.25) is 4.34 Å². The van der Waals surface area contributed by atoms with E-state index in [2.05, 4.69) is 0 Å². The van der Waals surface area contributed by atoms with E-state index in [0.717, 1.165) is 5.00 Å². The minimum absolute atomic E-state index is 0.339. The first-order valence-corrected chi connectivity index (χ1v) is 4.47. The van der Waals surface area contributed by atoms with Crippen LogP contribution in [0.5, 0.6) is 0 Å². The largest absolute Gasteiger partial charge is 0.387 e. The van der Waals surface area contributed by atoms with E-state index in [1.165, 1.54) is 16.2 Å². The number of aliphatic hydroxyl groups is 1. The number of likely N-dealkylation sites (N-methyl/N-ethyl adjacent to an activating group) is 1. The molecule has 0 bridgehead atoms. The van der Waals surface area contributed by atoms with Crippen LogP contribution in [0.15, 0.2) is 12.1 Å². The summed E-state index contributed by atoms with van der Waals surface area (Å²) in [7, 11) is 1.60. The monoisotopic (exact) mass is 205 g/mol. The maximum absolute atomic E-state index is 11.0. The number of carbonyl (C=O) groups is 1. The van der Waals surface area contributed by atoms with Crippen LogP contribution in [-0.2, 0) is 4.79 Å². The Hall–Kier alpha value is -0.580. The number of anilines is 1. The van der Waals surface area contributed by atoms with Crippen molar-refractivity contribution in [3.05, 3.63) is 16.5 Å². The molecule has 0 aliphatic heterocycles. The van der Waals surface area contributed by atoms with Crippen molar-refractivity contribution < 1.29 is 9.90 Å². The van der Waals surface area contributed by atoms with E-state index >= 15 is 0 Å². The van der Waals surface area contributed by atoms with E-state index < -0.39 is 6.61 Å². The Balaban J connectivity index is 2.77. The van der Waals surface area contributed by atoms with Crippen molar-refractivity contribution in [2.75, 3.05) is 18.6 Å². The lowest BCUT2D eigenvalue weighted by Crippen LogP contribution is -2.27. The number of carbonyl (C=O) groups excluding carboxylic acids is 1. The third kappa shape index (κ3) is 1.97. The summed E-state index contributed by atoms with van der Waals surface area (Å²) in [6.07, 6.45) is 0. The topological polar surface area (TPSA) is 40.5 Å². The van der Waals surface area contributed by atoms with Gasteiger partial charge >= 0.3 is 0 Å². The average molecular weight is 206 g/mol. The fourth-order valence-corrected chi connectivity index (χ4v) is 1.72. The second-order valence-corrected chi connectivity index (χ2v) is 3.88. The number of hydrogen-bond acceptors (Lipinski definition) is 3. The van der Waals surface area contributed by atoms with Crippen molar-refractivity contribution >= 4 is 33.8 Å². The van der Waals surface area contributed by atoms with Gasteiger partial charge in [-0.1, -0.05) is 11.6 Å². The van der Waals surface area contributed by atoms with Crippen LogP contribution in [0.25, 0.3) is 0 Å². The van der Waals surface area contributed by atoms with Gasteiger partial charge < -0.3 is 10.0 Å². The molecule has 1 rings (SSSR count). The van der Waals surface area contributed by atoms with E-state index in [1.54, 1.807) is 19.2 Å². The maximum atomic E-state index is 11.0. The first-order chi connectivity index (χ1) is 5.65. The third-order valence-corrected chi connectivity index (χ3v) is 2.71. The lowest BCUT2D eigenvalue weighted by atomic mass is 10.5. The minimum Gasteiger partial charge on any atom is -0.387 e. The zero-order valence-corrected chi connectivity index (χ0v) is 8.02. The Morgan fingerprint density at radius 3 is 2.83 bits per heavy atom. The van der Waals surface area contributed by atoms with Gasteiger partial charge in [0.15, 0.2) is 0 Å². The van der Waals surface area contributed by atoms with Crippen molar-refractivity contribution in [2.45, 2.75) is 0 Å². The molecule has 1 aromatic heterocycles. The van der Waals surface area contributed by atoms with Gasteiger partial charge in [-0.3, -0.25) is 4.79 Å². The SMILES string of the molecule is CN(C(=O)CO)c1ccc(Cl)s1. The van der Waals surface area contributed by atoms with Crippen molar-refractivity contribution in [3.8, 4) is 0 Å². The predicted octanol–water partition coefficient (Wildman–Crippen LogP) is 1.36. The zero-order valence-electron chi connectivity index (χ0n) is 6.45. The molecule has 66 valence electrons. The van der Waals surface area contributed by atoms with Crippen LogP contribution in [0, 0.1) is 0 Å². The second-order valence-electron chi connectivity index (χ2n) is 2.19. The van der Waals surface area contributed by atoms with Gasteiger partial charge in [-0.2, -0.15) is 0 Å². The van der Waals surface area contributed by atoms with Gasteiger partial charge in [0.2, 0.25) is 0 Å². The van der Waals surface area contributed by atoms with Gasteiger partial charge in [-0.05, 0) is 12.1 Å². The van der Waals surface area contributed by atoms with Crippen LogP contribution in [-0.4, -0.2) is 24.7 Å². The molecule has 0 aliphatic carbocycles. The van der Waals surface area contributed by atoms with Gasteiger partial charge in [-0.15, -0.1) is 11.3 Å². The summed E-state index contributed by atoms with van der Waals surface area (Å²) < 4.78 is 0.627. The number of nitrogens with zero attached hydrogens (tertiary/aromatic N) is 1. The van der Waals surface area contributed by atoms with Crippen LogP contribution in [0.1, 0.15) is 0 Å². The molecular weight excluding hydrogens is 198 g/mol. The third-order valence-electron chi connectivity index (χ3n) is 1.40. The minimum atomic E-state index is -0.480. The number of thiophene rings is 1. The van der Waals surface area contributed by atoms with Crippen molar-refractivity contribution in [2.24, 2.45) is 0 Å². The highest BCUT2D eigenvalue weighted by Crippen LogP contribution is 2.28. The molecule has 0 saturated carbocycles. The summed E-state index contributed by atoms with van der Waals surface area (Å²) in [5.41, 5.74) is 0. The molecule has 0 radical (unpaired) electrons. The van der Waals surface area contributed by atoms with Crippen molar-refractivity contribution in [3.63, 3.8) is 0 Å². The molecule has 1 N–H and O–H groups in total. The summed E-state index contributed by atoms with van der Waals surface area (Å²) in [5.74, 6) is -0.339. The summed E-state index contributed by atoms with van der Waals surface area (Å²) in [5, 5.41) is 9.29. The number of halogens is 1. The fourth-order valence-electron chi connectivity index (χ4n) is 0.714. The predicted molar refractivity (Wildman–Crippen MR) is 49.8 cm³/mol. The number of hydrogen-bond donors (Lipinski definition) is 1. The highest BCUT2D eigenvalue weighted by Gasteiger charge is 2.10. The van der Waals surface area contributed by atoms with Gasteiger partial charge in [-0.25, -0.2) is 0 Å². The summed E-state index contributed by atoms with van der Waals surface area (Å²) in [6.45, 7) is -0.480. The number of aliphatic hydroxyl groups excluding tert-OH is 1.